The van der Waals surface area contributed by atoms with Crippen LogP contribution in [0.3, 0.4) is 0 Å². The van der Waals surface area contributed by atoms with E-state index in [2.05, 4.69) is 18.3 Å². The minimum atomic E-state index is 0.308. The highest BCUT2D eigenvalue weighted by Gasteiger charge is 2.07. The molecule has 0 spiro atoms. The van der Waals surface area contributed by atoms with Crippen molar-refractivity contribution in [2.24, 2.45) is 0 Å². The number of hydrogen-bond acceptors (Lipinski definition) is 4. The maximum Gasteiger partial charge on any atom is 0.136 e. The summed E-state index contributed by atoms with van der Waals surface area (Å²) in [6.45, 7) is 2.84. The number of benzene rings is 1. The predicted octanol–water partition coefficient (Wildman–Crippen LogP) is 2.88. The van der Waals surface area contributed by atoms with E-state index in [1.807, 2.05) is 24.3 Å². The van der Waals surface area contributed by atoms with Crippen LogP contribution in [0.1, 0.15) is 23.8 Å². The first-order valence-corrected chi connectivity index (χ1v) is 6.55. The molecule has 2 rings (SSSR count). The molecule has 4 heteroatoms. The highest BCUT2D eigenvalue weighted by atomic mass is 16.5. The van der Waals surface area contributed by atoms with Gasteiger partial charge in [-0.3, -0.25) is 0 Å². The van der Waals surface area contributed by atoms with Gasteiger partial charge in [0.25, 0.3) is 0 Å². The van der Waals surface area contributed by atoms with E-state index in [0.29, 0.717) is 17.4 Å². The molecule has 0 amide bonds. The van der Waals surface area contributed by atoms with E-state index in [-0.39, 0.29) is 0 Å². The predicted molar refractivity (Wildman–Crippen MR) is 76.4 cm³/mol. The van der Waals surface area contributed by atoms with Gasteiger partial charge in [0.15, 0.2) is 0 Å². The minimum absolute atomic E-state index is 0.308. The Morgan fingerprint density at radius 2 is 2.25 bits per heavy atom. The first-order chi connectivity index (χ1) is 9.72. The SMILES string of the molecule is COc1cc(CNC(C)Cc2ccco2)ccc1C#N. The second-order valence-electron chi connectivity index (χ2n) is 4.71. The maximum absolute atomic E-state index is 8.95. The summed E-state index contributed by atoms with van der Waals surface area (Å²) in [5.41, 5.74) is 1.65. The lowest BCUT2D eigenvalue weighted by Gasteiger charge is -2.13. The molecule has 0 aliphatic carbocycles. The molecular formula is C16H18N2O2. The largest absolute Gasteiger partial charge is 0.495 e. The fourth-order valence-electron chi connectivity index (χ4n) is 2.03. The molecule has 1 heterocycles. The van der Waals surface area contributed by atoms with Gasteiger partial charge >= 0.3 is 0 Å². The Balaban J connectivity index is 1.92. The lowest BCUT2D eigenvalue weighted by atomic mass is 10.1. The standard InChI is InChI=1S/C16H18N2O2/c1-12(8-15-4-3-7-20-15)18-11-13-5-6-14(10-17)16(9-13)19-2/h3-7,9,12,18H,8,11H2,1-2H3. The number of methoxy groups -OCH3 is 1. The van der Waals surface area contributed by atoms with Crippen molar-refractivity contribution in [3.8, 4) is 11.8 Å². The molecule has 1 N–H and O–H groups in total. The Morgan fingerprint density at radius 3 is 2.90 bits per heavy atom. The van der Waals surface area contributed by atoms with Crippen LogP contribution < -0.4 is 10.1 Å². The van der Waals surface area contributed by atoms with Gasteiger partial charge in [0.05, 0.1) is 18.9 Å². The molecular weight excluding hydrogens is 252 g/mol. The summed E-state index contributed by atoms with van der Waals surface area (Å²) < 4.78 is 10.5. The molecule has 0 fully saturated rings. The third kappa shape index (κ3) is 3.62. The van der Waals surface area contributed by atoms with E-state index >= 15 is 0 Å². The molecule has 0 saturated carbocycles. The molecule has 0 radical (unpaired) electrons. The maximum atomic E-state index is 8.95. The molecule has 1 atom stereocenters. The fraction of sp³-hybridized carbons (Fsp3) is 0.312. The van der Waals surface area contributed by atoms with Crippen LogP contribution in [0.15, 0.2) is 41.0 Å². The third-order valence-electron chi connectivity index (χ3n) is 3.13. The van der Waals surface area contributed by atoms with E-state index in [0.717, 1.165) is 24.3 Å². The van der Waals surface area contributed by atoms with E-state index in [4.69, 9.17) is 14.4 Å². The summed E-state index contributed by atoms with van der Waals surface area (Å²) in [7, 11) is 1.58. The Kier molecular flexibility index (Phi) is 4.80. The van der Waals surface area contributed by atoms with Crippen molar-refractivity contribution >= 4 is 0 Å². The van der Waals surface area contributed by atoms with Crippen molar-refractivity contribution in [2.45, 2.75) is 25.9 Å². The van der Waals surface area contributed by atoms with Crippen LogP contribution >= 0.6 is 0 Å². The summed E-state index contributed by atoms with van der Waals surface area (Å²) in [5, 5.41) is 12.4. The minimum Gasteiger partial charge on any atom is -0.495 e. The molecule has 4 nitrogen and oxygen atoms in total. The van der Waals surface area contributed by atoms with Gasteiger partial charge in [0, 0.05) is 19.0 Å². The lowest BCUT2D eigenvalue weighted by Crippen LogP contribution is -2.27. The Hall–Kier alpha value is -2.25. The second kappa shape index (κ2) is 6.78. The van der Waals surface area contributed by atoms with E-state index in [1.54, 1.807) is 19.4 Å². The quantitative estimate of drug-likeness (QED) is 0.876. The highest BCUT2D eigenvalue weighted by Crippen LogP contribution is 2.19. The van der Waals surface area contributed by atoms with Crippen molar-refractivity contribution in [1.82, 2.24) is 5.32 Å². The number of rotatable bonds is 6. The number of nitrogens with one attached hydrogen (secondary N) is 1. The first-order valence-electron chi connectivity index (χ1n) is 6.55. The Bertz CT molecular complexity index is 585. The molecule has 0 bridgehead atoms. The Morgan fingerprint density at radius 1 is 1.40 bits per heavy atom. The van der Waals surface area contributed by atoms with Gasteiger partial charge in [-0.05, 0) is 36.8 Å². The average Bonchev–Trinajstić information content (AvgIpc) is 2.97. The summed E-state index contributed by atoms with van der Waals surface area (Å²) in [4.78, 5) is 0. The molecule has 0 saturated heterocycles. The topological polar surface area (TPSA) is 58.2 Å². The molecule has 20 heavy (non-hydrogen) atoms. The second-order valence-corrected chi connectivity index (χ2v) is 4.71. The molecule has 1 aromatic carbocycles. The zero-order chi connectivity index (χ0) is 14.4. The van der Waals surface area contributed by atoms with Crippen LogP contribution in [-0.2, 0) is 13.0 Å². The van der Waals surface area contributed by atoms with Crippen molar-refractivity contribution in [3.63, 3.8) is 0 Å². The van der Waals surface area contributed by atoms with Gasteiger partial charge in [0.2, 0.25) is 0 Å². The highest BCUT2D eigenvalue weighted by molar-refractivity contribution is 5.45. The molecule has 104 valence electrons. The number of hydrogen-bond donors (Lipinski definition) is 1. The van der Waals surface area contributed by atoms with Gasteiger partial charge in [-0.25, -0.2) is 0 Å². The van der Waals surface area contributed by atoms with Crippen LogP contribution in [0.25, 0.3) is 0 Å². The van der Waals surface area contributed by atoms with E-state index in [9.17, 15) is 0 Å². The van der Waals surface area contributed by atoms with Crippen molar-refractivity contribution in [3.05, 3.63) is 53.5 Å². The summed E-state index contributed by atoms with van der Waals surface area (Å²) in [5.74, 6) is 1.59. The number of ether oxygens (including phenoxy) is 1. The fourth-order valence-corrected chi connectivity index (χ4v) is 2.03. The van der Waals surface area contributed by atoms with Crippen molar-refractivity contribution < 1.29 is 9.15 Å². The number of nitriles is 1. The van der Waals surface area contributed by atoms with Gasteiger partial charge in [0.1, 0.15) is 17.6 Å². The summed E-state index contributed by atoms with van der Waals surface area (Å²) in [6.07, 6.45) is 2.54. The number of nitrogens with zero attached hydrogens (tertiary/aromatic N) is 1. The van der Waals surface area contributed by atoms with E-state index in [1.165, 1.54) is 0 Å². The monoisotopic (exact) mass is 270 g/mol. The zero-order valence-corrected chi connectivity index (χ0v) is 11.7. The van der Waals surface area contributed by atoms with E-state index < -0.39 is 0 Å². The van der Waals surface area contributed by atoms with Gasteiger partial charge in [-0.15, -0.1) is 0 Å². The number of furan rings is 1. The first kappa shape index (κ1) is 14.2. The average molecular weight is 270 g/mol. The molecule has 1 aromatic heterocycles. The van der Waals surface area contributed by atoms with Crippen LogP contribution in [0.2, 0.25) is 0 Å². The molecule has 0 aliphatic heterocycles. The molecule has 0 aliphatic rings. The lowest BCUT2D eigenvalue weighted by molar-refractivity contribution is 0.412. The van der Waals surface area contributed by atoms with Gasteiger partial charge in [-0.2, -0.15) is 5.26 Å². The smallest absolute Gasteiger partial charge is 0.136 e. The van der Waals surface area contributed by atoms with Crippen LogP contribution in [0, 0.1) is 11.3 Å². The van der Waals surface area contributed by atoms with Crippen molar-refractivity contribution in [1.29, 1.82) is 5.26 Å². The van der Waals surface area contributed by atoms with Crippen LogP contribution in [0.4, 0.5) is 0 Å². The summed E-state index contributed by atoms with van der Waals surface area (Å²) >= 11 is 0. The Labute approximate surface area is 119 Å². The van der Waals surface area contributed by atoms with Crippen molar-refractivity contribution in [2.75, 3.05) is 7.11 Å². The molecule has 1 unspecified atom stereocenters. The molecule has 2 aromatic rings. The van der Waals surface area contributed by atoms with Crippen LogP contribution in [-0.4, -0.2) is 13.2 Å². The summed E-state index contributed by atoms with van der Waals surface area (Å²) in [6, 6.07) is 11.9. The third-order valence-corrected chi connectivity index (χ3v) is 3.13. The zero-order valence-electron chi connectivity index (χ0n) is 11.7. The van der Waals surface area contributed by atoms with Gasteiger partial charge < -0.3 is 14.5 Å². The normalized spacial score (nSPS) is 11.8. The van der Waals surface area contributed by atoms with Crippen LogP contribution in [0.5, 0.6) is 5.75 Å². The van der Waals surface area contributed by atoms with Gasteiger partial charge in [-0.1, -0.05) is 6.07 Å².